The summed E-state index contributed by atoms with van der Waals surface area (Å²) >= 11 is 0. The van der Waals surface area contributed by atoms with E-state index in [1.54, 1.807) is 14.2 Å². The van der Waals surface area contributed by atoms with Gasteiger partial charge in [-0.1, -0.05) is 18.2 Å². The molecule has 2 atom stereocenters. The van der Waals surface area contributed by atoms with E-state index >= 15 is 0 Å². The summed E-state index contributed by atoms with van der Waals surface area (Å²) in [4.78, 5) is 0. The van der Waals surface area contributed by atoms with E-state index in [9.17, 15) is 0 Å². The Bertz CT molecular complexity index is 578. The number of fused-ring (bicyclic) bond motifs is 2. The molecule has 2 aliphatic rings. The number of nitrogens with two attached hydrogens (primary N) is 1. The molecule has 0 saturated carbocycles. The lowest BCUT2D eigenvalue weighted by atomic mass is 9.88. The average Bonchev–Trinajstić information content (AvgIpc) is 2.71. The molecular formula is C17H21NO3. The van der Waals surface area contributed by atoms with Crippen LogP contribution in [0.4, 0.5) is 5.69 Å². The molecule has 2 aliphatic heterocycles. The van der Waals surface area contributed by atoms with Crippen LogP contribution in [0.2, 0.25) is 0 Å². The van der Waals surface area contributed by atoms with Crippen molar-refractivity contribution in [3.63, 3.8) is 0 Å². The van der Waals surface area contributed by atoms with Crippen molar-refractivity contribution in [3.05, 3.63) is 48.1 Å². The fourth-order valence-electron chi connectivity index (χ4n) is 3.18. The maximum atomic E-state index is 6.27. The van der Waals surface area contributed by atoms with E-state index in [2.05, 4.69) is 18.2 Å². The predicted octanol–water partition coefficient (Wildman–Crippen LogP) is 2.41. The monoisotopic (exact) mass is 287 g/mol. The highest BCUT2D eigenvalue weighted by Crippen LogP contribution is 2.45. The van der Waals surface area contributed by atoms with Crippen LogP contribution in [-0.2, 0) is 14.2 Å². The lowest BCUT2D eigenvalue weighted by molar-refractivity contribution is -0.120. The van der Waals surface area contributed by atoms with Crippen molar-refractivity contribution in [2.24, 2.45) is 0 Å². The largest absolute Gasteiger partial charge is 0.399 e. The van der Waals surface area contributed by atoms with Crippen LogP contribution in [0.5, 0.6) is 0 Å². The standard InChI is InChI=1S/C17H21NO3/c1-19-11-16-7-8-17(21-16,12-20-2)10-14(9-16)13-3-5-15(18)6-4-13/h3-9H,10-12,18H2,1-2H3. The Kier molecular flexibility index (Phi) is 3.61. The van der Waals surface area contributed by atoms with Crippen LogP contribution < -0.4 is 5.73 Å². The molecule has 1 aromatic carbocycles. The number of hydrogen-bond acceptors (Lipinski definition) is 4. The number of rotatable bonds is 5. The number of methoxy groups -OCH3 is 2. The summed E-state index contributed by atoms with van der Waals surface area (Å²) in [6, 6.07) is 7.94. The zero-order chi connectivity index (χ0) is 14.9. The van der Waals surface area contributed by atoms with Gasteiger partial charge in [0, 0.05) is 26.3 Å². The highest BCUT2D eigenvalue weighted by molar-refractivity contribution is 5.71. The normalized spacial score (nSPS) is 30.5. The van der Waals surface area contributed by atoms with Gasteiger partial charge in [0.1, 0.15) is 11.2 Å². The quantitative estimate of drug-likeness (QED) is 0.667. The molecule has 0 fully saturated rings. The van der Waals surface area contributed by atoms with Gasteiger partial charge in [0.25, 0.3) is 0 Å². The van der Waals surface area contributed by atoms with Gasteiger partial charge in [-0.05, 0) is 35.4 Å². The minimum absolute atomic E-state index is 0.404. The first-order valence-electron chi connectivity index (χ1n) is 7.06. The number of hydrogen-bond donors (Lipinski definition) is 1. The maximum absolute atomic E-state index is 6.27. The number of benzene rings is 1. The Balaban J connectivity index is 1.98. The van der Waals surface area contributed by atoms with Gasteiger partial charge in [-0.15, -0.1) is 0 Å². The molecule has 0 aliphatic carbocycles. The summed E-state index contributed by atoms with van der Waals surface area (Å²) in [6.45, 7) is 1.02. The molecule has 0 spiro atoms. The van der Waals surface area contributed by atoms with Crippen molar-refractivity contribution >= 4 is 11.3 Å². The van der Waals surface area contributed by atoms with Gasteiger partial charge < -0.3 is 19.9 Å². The van der Waals surface area contributed by atoms with E-state index in [-0.39, 0.29) is 0 Å². The Morgan fingerprint density at radius 3 is 2.48 bits per heavy atom. The minimum atomic E-state index is -0.498. The first kappa shape index (κ1) is 14.3. The summed E-state index contributed by atoms with van der Waals surface area (Å²) in [6.07, 6.45) is 7.13. The van der Waals surface area contributed by atoms with Gasteiger partial charge in [-0.3, -0.25) is 0 Å². The lowest BCUT2D eigenvalue weighted by Gasteiger charge is -2.39. The van der Waals surface area contributed by atoms with Crippen LogP contribution in [0, 0.1) is 0 Å². The number of anilines is 1. The van der Waals surface area contributed by atoms with Crippen LogP contribution >= 0.6 is 0 Å². The SMILES string of the molecule is COCC12C=CC(COC)(CC(c3ccc(N)cc3)=C1)O2. The molecular weight excluding hydrogens is 266 g/mol. The van der Waals surface area contributed by atoms with E-state index in [0.29, 0.717) is 13.2 Å². The lowest BCUT2D eigenvalue weighted by Crippen LogP contribution is -2.44. The Hall–Kier alpha value is -1.62. The molecule has 2 bridgehead atoms. The third-order valence-electron chi connectivity index (χ3n) is 4.01. The molecule has 2 heterocycles. The third kappa shape index (κ3) is 2.62. The minimum Gasteiger partial charge on any atom is -0.399 e. The van der Waals surface area contributed by atoms with E-state index in [4.69, 9.17) is 19.9 Å². The molecule has 0 radical (unpaired) electrons. The molecule has 2 N–H and O–H groups in total. The molecule has 4 heteroatoms. The molecule has 112 valence electrons. The fourth-order valence-corrected chi connectivity index (χ4v) is 3.18. The Labute approximate surface area is 125 Å². The Morgan fingerprint density at radius 2 is 1.81 bits per heavy atom. The van der Waals surface area contributed by atoms with E-state index < -0.39 is 11.2 Å². The van der Waals surface area contributed by atoms with E-state index in [1.165, 1.54) is 5.57 Å². The van der Waals surface area contributed by atoms with Gasteiger partial charge >= 0.3 is 0 Å². The number of nitrogen functional groups attached to an aromatic ring is 1. The second-order valence-electron chi connectivity index (χ2n) is 5.79. The fraction of sp³-hybridized carbons (Fsp3) is 0.412. The second-order valence-corrected chi connectivity index (χ2v) is 5.79. The first-order chi connectivity index (χ1) is 10.1. The van der Waals surface area contributed by atoms with Crippen LogP contribution in [0.15, 0.2) is 42.5 Å². The highest BCUT2D eigenvalue weighted by Gasteiger charge is 2.48. The summed E-state index contributed by atoms with van der Waals surface area (Å²) in [5.74, 6) is 0. The highest BCUT2D eigenvalue weighted by atomic mass is 16.6. The van der Waals surface area contributed by atoms with Crippen molar-refractivity contribution in [2.45, 2.75) is 17.6 Å². The summed E-state index contributed by atoms with van der Waals surface area (Å²) < 4.78 is 17.0. The van der Waals surface area contributed by atoms with E-state index in [1.807, 2.05) is 24.3 Å². The van der Waals surface area contributed by atoms with Gasteiger partial charge in [0.2, 0.25) is 0 Å². The Morgan fingerprint density at radius 1 is 1.10 bits per heavy atom. The zero-order valence-corrected chi connectivity index (χ0v) is 12.5. The molecule has 1 aromatic rings. The van der Waals surface area contributed by atoms with Crippen molar-refractivity contribution < 1.29 is 14.2 Å². The number of ether oxygens (including phenoxy) is 3. The van der Waals surface area contributed by atoms with Crippen molar-refractivity contribution in [1.29, 1.82) is 0 Å². The molecule has 0 saturated heterocycles. The van der Waals surface area contributed by atoms with Crippen LogP contribution in [-0.4, -0.2) is 38.6 Å². The van der Waals surface area contributed by atoms with Crippen molar-refractivity contribution in [2.75, 3.05) is 33.2 Å². The van der Waals surface area contributed by atoms with Crippen molar-refractivity contribution in [3.8, 4) is 0 Å². The molecule has 0 aromatic heterocycles. The zero-order valence-electron chi connectivity index (χ0n) is 12.5. The second kappa shape index (κ2) is 5.30. The van der Waals surface area contributed by atoms with Gasteiger partial charge in [-0.2, -0.15) is 0 Å². The van der Waals surface area contributed by atoms with E-state index in [0.717, 1.165) is 17.7 Å². The summed E-state index contributed by atoms with van der Waals surface area (Å²) in [5.41, 5.74) is 8.04. The molecule has 4 nitrogen and oxygen atoms in total. The smallest absolute Gasteiger partial charge is 0.130 e. The topological polar surface area (TPSA) is 53.7 Å². The summed E-state index contributed by atoms with van der Waals surface area (Å²) in [5, 5.41) is 0. The van der Waals surface area contributed by atoms with Crippen LogP contribution in [0.3, 0.4) is 0 Å². The van der Waals surface area contributed by atoms with Crippen molar-refractivity contribution in [1.82, 2.24) is 0 Å². The predicted molar refractivity (Wildman–Crippen MR) is 82.9 cm³/mol. The molecule has 2 unspecified atom stereocenters. The molecule has 21 heavy (non-hydrogen) atoms. The summed E-state index contributed by atoms with van der Waals surface area (Å²) in [7, 11) is 3.39. The third-order valence-corrected chi connectivity index (χ3v) is 4.01. The average molecular weight is 287 g/mol. The van der Waals surface area contributed by atoms with Crippen LogP contribution in [0.25, 0.3) is 5.57 Å². The molecule has 3 rings (SSSR count). The maximum Gasteiger partial charge on any atom is 0.130 e. The molecule has 0 amide bonds. The van der Waals surface area contributed by atoms with Gasteiger partial charge in [0.05, 0.1) is 13.2 Å². The van der Waals surface area contributed by atoms with Crippen LogP contribution in [0.1, 0.15) is 12.0 Å². The first-order valence-corrected chi connectivity index (χ1v) is 7.06. The van der Waals surface area contributed by atoms with Gasteiger partial charge in [0.15, 0.2) is 0 Å². The van der Waals surface area contributed by atoms with Gasteiger partial charge in [-0.25, -0.2) is 0 Å².